The molecule has 0 bridgehead atoms. The minimum Gasteiger partial charge on any atom is -0.287 e. The molecular formula is C8H4N2O. The predicted octanol–water partition coefficient (Wildman–Crippen LogP) is 0.523. The summed E-state index contributed by atoms with van der Waals surface area (Å²) < 4.78 is 0. The highest BCUT2D eigenvalue weighted by Gasteiger charge is 1.95. The summed E-state index contributed by atoms with van der Waals surface area (Å²) in [7, 11) is 0. The van der Waals surface area contributed by atoms with Gasteiger partial charge in [0.1, 0.15) is 0 Å². The fraction of sp³-hybridized carbons (Fsp3) is 0. The summed E-state index contributed by atoms with van der Waals surface area (Å²) in [5.41, 5.74) is 0.468. The van der Waals surface area contributed by atoms with E-state index in [9.17, 15) is 4.79 Å². The molecule has 1 heterocycles. The van der Waals surface area contributed by atoms with Gasteiger partial charge in [0.25, 0.3) is 0 Å². The largest absolute Gasteiger partial charge is 0.287 e. The lowest BCUT2D eigenvalue weighted by molar-refractivity contribution is 1.05. The van der Waals surface area contributed by atoms with Crippen molar-refractivity contribution < 1.29 is 0 Å². The lowest BCUT2D eigenvalue weighted by atomic mass is 10.2. The monoisotopic (exact) mass is 144 g/mol. The Balaban J connectivity index is 3.03. The van der Waals surface area contributed by atoms with E-state index in [2.05, 4.69) is 22.5 Å². The molecule has 0 saturated heterocycles. The number of hydrogen-bond acceptors (Lipinski definition) is 2. The van der Waals surface area contributed by atoms with Crippen LogP contribution in [0.25, 0.3) is 10.9 Å². The molecule has 11 heavy (non-hydrogen) atoms. The quantitative estimate of drug-likeness (QED) is 0.586. The standard InChI is InChI=1S/C8H4N2O/c11-8-5-9-10-7-4-2-1-3-6(7)8/h1-2,4H,(H,10,11). The Morgan fingerprint density at radius 1 is 1.55 bits per heavy atom. The lowest BCUT2D eigenvalue weighted by Gasteiger charge is -1.90. The molecule has 1 aromatic carbocycles. The highest BCUT2D eigenvalue weighted by molar-refractivity contribution is 5.76. The Bertz CT molecular complexity index is 428. The third-order valence-corrected chi connectivity index (χ3v) is 1.42. The van der Waals surface area contributed by atoms with Crippen molar-refractivity contribution in [2.24, 2.45) is 0 Å². The second kappa shape index (κ2) is 2.20. The summed E-state index contributed by atoms with van der Waals surface area (Å²) >= 11 is 0. The van der Waals surface area contributed by atoms with Gasteiger partial charge in [0.15, 0.2) is 6.20 Å². The molecule has 0 saturated carbocycles. The number of H-pyrrole nitrogens is 1. The number of benzene rings is 1. The lowest BCUT2D eigenvalue weighted by Crippen LogP contribution is -2.03. The molecule has 0 atom stereocenters. The van der Waals surface area contributed by atoms with Crippen molar-refractivity contribution in [1.82, 2.24) is 10.2 Å². The Hall–Kier alpha value is -1.64. The normalized spacial score (nSPS) is 10.2. The van der Waals surface area contributed by atoms with E-state index in [0.717, 1.165) is 0 Å². The van der Waals surface area contributed by atoms with Crippen LogP contribution in [0.5, 0.6) is 0 Å². The number of rotatable bonds is 0. The van der Waals surface area contributed by atoms with Crippen LogP contribution >= 0.6 is 0 Å². The van der Waals surface area contributed by atoms with Crippen LogP contribution in [0, 0.1) is 12.3 Å². The zero-order chi connectivity index (χ0) is 7.68. The van der Waals surface area contributed by atoms with E-state index in [4.69, 9.17) is 0 Å². The summed E-state index contributed by atoms with van der Waals surface area (Å²) in [6.45, 7) is 0. The molecule has 2 rings (SSSR count). The Kier molecular flexibility index (Phi) is 1.22. The number of nitrogens with zero attached hydrogens (tertiary/aromatic N) is 1. The maximum Gasteiger partial charge on any atom is 0.218 e. The Morgan fingerprint density at radius 2 is 2.45 bits per heavy atom. The van der Waals surface area contributed by atoms with Crippen molar-refractivity contribution in [1.29, 1.82) is 0 Å². The molecule has 52 valence electrons. The van der Waals surface area contributed by atoms with Crippen LogP contribution in [0.3, 0.4) is 0 Å². The molecule has 3 nitrogen and oxygen atoms in total. The van der Waals surface area contributed by atoms with E-state index in [1.165, 1.54) is 0 Å². The molecular weight excluding hydrogens is 140 g/mol. The van der Waals surface area contributed by atoms with Gasteiger partial charge in [0, 0.05) is 0 Å². The molecule has 2 aromatic rings. The summed E-state index contributed by atoms with van der Waals surface area (Å²) in [6, 6.07) is 8.05. The van der Waals surface area contributed by atoms with Gasteiger partial charge in [-0.05, 0) is 12.1 Å². The number of hydrogen-bond donors (Lipinski definition) is 1. The first kappa shape index (κ1) is 6.09. The zero-order valence-corrected chi connectivity index (χ0v) is 5.59. The van der Waals surface area contributed by atoms with Crippen LogP contribution in [0.1, 0.15) is 0 Å². The SMILES string of the molecule is O=c1[c]n[nH]c2ccc[c]c12. The fourth-order valence-electron chi connectivity index (χ4n) is 0.913. The molecule has 0 aliphatic rings. The first-order chi connectivity index (χ1) is 5.38. The van der Waals surface area contributed by atoms with Crippen molar-refractivity contribution in [3.63, 3.8) is 0 Å². The number of nitrogens with one attached hydrogen (secondary N) is 1. The van der Waals surface area contributed by atoms with Crippen molar-refractivity contribution >= 4 is 10.9 Å². The topological polar surface area (TPSA) is 45.8 Å². The van der Waals surface area contributed by atoms with E-state index in [0.29, 0.717) is 10.9 Å². The summed E-state index contributed by atoms with van der Waals surface area (Å²) in [5, 5.41) is 6.69. The summed E-state index contributed by atoms with van der Waals surface area (Å²) in [6.07, 6.45) is 2.28. The molecule has 1 aromatic heterocycles. The fourth-order valence-corrected chi connectivity index (χ4v) is 0.913. The minimum absolute atomic E-state index is 0.223. The van der Waals surface area contributed by atoms with Gasteiger partial charge in [-0.25, -0.2) is 0 Å². The molecule has 2 radical (unpaired) electrons. The first-order valence-electron chi connectivity index (χ1n) is 3.15. The molecule has 0 spiro atoms. The minimum atomic E-state index is -0.223. The van der Waals surface area contributed by atoms with Gasteiger partial charge in [-0.1, -0.05) is 12.1 Å². The van der Waals surface area contributed by atoms with E-state index >= 15 is 0 Å². The maximum absolute atomic E-state index is 11.0. The molecule has 0 amide bonds. The van der Waals surface area contributed by atoms with Crippen molar-refractivity contribution in [3.8, 4) is 0 Å². The van der Waals surface area contributed by atoms with E-state index in [1.54, 1.807) is 18.2 Å². The van der Waals surface area contributed by atoms with Crippen LogP contribution in [-0.2, 0) is 0 Å². The van der Waals surface area contributed by atoms with Crippen molar-refractivity contribution in [2.45, 2.75) is 0 Å². The average molecular weight is 144 g/mol. The first-order valence-corrected chi connectivity index (χ1v) is 3.15. The predicted molar refractivity (Wildman–Crippen MR) is 40.0 cm³/mol. The maximum atomic E-state index is 11.0. The zero-order valence-electron chi connectivity index (χ0n) is 5.59. The highest BCUT2D eigenvalue weighted by Crippen LogP contribution is 2.01. The van der Waals surface area contributed by atoms with Crippen LogP contribution in [0.15, 0.2) is 23.0 Å². The molecule has 0 unspecified atom stereocenters. The third-order valence-electron chi connectivity index (χ3n) is 1.42. The van der Waals surface area contributed by atoms with Crippen molar-refractivity contribution in [3.05, 3.63) is 40.7 Å². The molecule has 0 fully saturated rings. The highest BCUT2D eigenvalue weighted by atomic mass is 16.1. The number of fused-ring (bicyclic) bond motifs is 1. The van der Waals surface area contributed by atoms with Gasteiger partial charge >= 0.3 is 0 Å². The molecule has 3 heteroatoms. The second-order valence-corrected chi connectivity index (χ2v) is 2.12. The summed E-state index contributed by atoms with van der Waals surface area (Å²) in [5.74, 6) is 0. The van der Waals surface area contributed by atoms with Gasteiger partial charge < -0.3 is 0 Å². The number of aromatic nitrogens is 2. The average Bonchev–Trinajstić information content (AvgIpc) is 2.06. The van der Waals surface area contributed by atoms with E-state index in [1.807, 2.05) is 0 Å². The number of aromatic amines is 1. The smallest absolute Gasteiger partial charge is 0.218 e. The Labute approximate surface area is 62.7 Å². The summed E-state index contributed by atoms with van der Waals surface area (Å²) in [4.78, 5) is 11.0. The van der Waals surface area contributed by atoms with Gasteiger partial charge in [-0.2, -0.15) is 5.10 Å². The third kappa shape index (κ3) is 0.902. The van der Waals surface area contributed by atoms with Crippen LogP contribution in [0.4, 0.5) is 0 Å². The van der Waals surface area contributed by atoms with Crippen LogP contribution in [-0.4, -0.2) is 10.2 Å². The molecule has 1 N–H and O–H groups in total. The molecule has 0 aliphatic heterocycles. The van der Waals surface area contributed by atoms with Crippen molar-refractivity contribution in [2.75, 3.05) is 0 Å². The van der Waals surface area contributed by atoms with Crippen LogP contribution in [0.2, 0.25) is 0 Å². The second-order valence-electron chi connectivity index (χ2n) is 2.12. The van der Waals surface area contributed by atoms with Crippen LogP contribution < -0.4 is 5.43 Å². The van der Waals surface area contributed by atoms with E-state index < -0.39 is 0 Å². The van der Waals surface area contributed by atoms with E-state index in [-0.39, 0.29) is 5.43 Å². The molecule has 0 aliphatic carbocycles. The van der Waals surface area contributed by atoms with Gasteiger partial charge in [-0.15, -0.1) is 0 Å². The van der Waals surface area contributed by atoms with Gasteiger partial charge in [-0.3, -0.25) is 9.89 Å². The van der Waals surface area contributed by atoms with Gasteiger partial charge in [0.2, 0.25) is 5.43 Å². The Morgan fingerprint density at radius 3 is 3.27 bits per heavy atom. The van der Waals surface area contributed by atoms with Gasteiger partial charge in [0.05, 0.1) is 10.9 Å².